The van der Waals surface area contributed by atoms with E-state index in [4.69, 9.17) is 0 Å². The lowest BCUT2D eigenvalue weighted by molar-refractivity contribution is -0.140. The molecule has 0 bridgehead atoms. The zero-order chi connectivity index (χ0) is 16.0. The predicted octanol–water partition coefficient (Wildman–Crippen LogP) is 4.48. The second-order valence-corrected chi connectivity index (χ2v) is 5.29. The van der Waals surface area contributed by atoms with E-state index in [2.05, 4.69) is 15.9 Å². The number of hydrogen-bond acceptors (Lipinski definition) is 1. The third-order valence-electron chi connectivity index (χ3n) is 2.96. The summed E-state index contributed by atoms with van der Waals surface area (Å²) in [6.45, 7) is 2.63. The largest absolute Gasteiger partial charge is 0.419 e. The van der Waals surface area contributed by atoms with Crippen LogP contribution in [0.1, 0.15) is 35.7 Å². The standard InChI is InChI=1S/C14H16BrF4NO/c1-2-3-8-20(9-7-15)13(21)10-5-4-6-11(12(10)16)14(17,18)19/h4-6H,2-3,7-9H2,1H3. The molecule has 1 rings (SSSR count). The van der Waals surface area contributed by atoms with Crippen molar-refractivity contribution in [3.63, 3.8) is 0 Å². The van der Waals surface area contributed by atoms with Crippen molar-refractivity contribution in [2.45, 2.75) is 25.9 Å². The van der Waals surface area contributed by atoms with Gasteiger partial charge in [0, 0.05) is 18.4 Å². The van der Waals surface area contributed by atoms with E-state index in [1.165, 1.54) is 4.90 Å². The third-order valence-corrected chi connectivity index (χ3v) is 3.31. The molecule has 118 valence electrons. The van der Waals surface area contributed by atoms with Gasteiger partial charge in [-0.05, 0) is 18.6 Å². The number of hydrogen-bond donors (Lipinski definition) is 0. The molecule has 0 spiro atoms. The highest BCUT2D eigenvalue weighted by molar-refractivity contribution is 9.09. The summed E-state index contributed by atoms with van der Waals surface area (Å²) in [5.41, 5.74) is -1.95. The van der Waals surface area contributed by atoms with Gasteiger partial charge in [0.25, 0.3) is 5.91 Å². The molecule has 0 aliphatic rings. The molecule has 1 amide bonds. The molecule has 0 saturated carbocycles. The van der Waals surface area contributed by atoms with Crippen LogP contribution >= 0.6 is 15.9 Å². The molecule has 7 heteroatoms. The van der Waals surface area contributed by atoms with Crippen LogP contribution in [0.4, 0.5) is 17.6 Å². The minimum Gasteiger partial charge on any atom is -0.338 e. The average molecular weight is 370 g/mol. The van der Waals surface area contributed by atoms with Crippen molar-refractivity contribution in [1.29, 1.82) is 0 Å². The van der Waals surface area contributed by atoms with Crippen molar-refractivity contribution in [1.82, 2.24) is 4.90 Å². The molecular formula is C14H16BrF4NO. The van der Waals surface area contributed by atoms with E-state index in [0.717, 1.165) is 18.6 Å². The van der Waals surface area contributed by atoms with E-state index in [1.807, 2.05) is 6.92 Å². The molecule has 0 heterocycles. The number of carbonyl (C=O) groups is 1. The Morgan fingerprint density at radius 2 is 1.95 bits per heavy atom. The molecule has 0 aliphatic heterocycles. The smallest absolute Gasteiger partial charge is 0.338 e. The van der Waals surface area contributed by atoms with Crippen LogP contribution in [0.25, 0.3) is 0 Å². The Morgan fingerprint density at radius 1 is 1.29 bits per heavy atom. The summed E-state index contributed by atoms with van der Waals surface area (Å²) in [5, 5.41) is 0.475. The lowest BCUT2D eigenvalue weighted by atomic mass is 10.1. The number of nitrogens with zero attached hydrogens (tertiary/aromatic N) is 1. The van der Waals surface area contributed by atoms with Gasteiger partial charge in [-0.25, -0.2) is 4.39 Å². The lowest BCUT2D eigenvalue weighted by Gasteiger charge is -2.22. The lowest BCUT2D eigenvalue weighted by Crippen LogP contribution is -2.34. The number of carbonyl (C=O) groups excluding carboxylic acids is 1. The van der Waals surface area contributed by atoms with Gasteiger partial charge in [-0.1, -0.05) is 35.3 Å². The second kappa shape index (κ2) is 7.77. The molecule has 0 aliphatic carbocycles. The molecule has 1 aromatic carbocycles. The number of unbranched alkanes of at least 4 members (excludes halogenated alkanes) is 1. The first-order valence-electron chi connectivity index (χ1n) is 6.53. The van der Waals surface area contributed by atoms with Gasteiger partial charge in [0.15, 0.2) is 0 Å². The minimum atomic E-state index is -4.82. The molecule has 0 unspecified atom stereocenters. The van der Waals surface area contributed by atoms with E-state index in [-0.39, 0.29) is 0 Å². The summed E-state index contributed by atoms with van der Waals surface area (Å²) < 4.78 is 52.0. The van der Waals surface area contributed by atoms with Crippen molar-refractivity contribution in [2.75, 3.05) is 18.4 Å². The number of halogens is 5. The second-order valence-electron chi connectivity index (χ2n) is 4.50. The van der Waals surface area contributed by atoms with Gasteiger partial charge >= 0.3 is 6.18 Å². The van der Waals surface area contributed by atoms with E-state index in [1.54, 1.807) is 0 Å². The fourth-order valence-electron chi connectivity index (χ4n) is 1.85. The Balaban J connectivity index is 3.10. The first-order valence-corrected chi connectivity index (χ1v) is 7.66. The van der Waals surface area contributed by atoms with Gasteiger partial charge in [0.2, 0.25) is 0 Å². The van der Waals surface area contributed by atoms with Crippen LogP contribution in [-0.4, -0.2) is 29.2 Å². The fourth-order valence-corrected chi connectivity index (χ4v) is 2.28. The van der Waals surface area contributed by atoms with Crippen LogP contribution in [0.3, 0.4) is 0 Å². The highest BCUT2D eigenvalue weighted by Gasteiger charge is 2.36. The maximum absolute atomic E-state index is 14.0. The van der Waals surface area contributed by atoms with Crippen LogP contribution in [0, 0.1) is 5.82 Å². The van der Waals surface area contributed by atoms with Crippen LogP contribution in [0.15, 0.2) is 18.2 Å². The van der Waals surface area contributed by atoms with E-state index < -0.39 is 29.0 Å². The molecule has 0 radical (unpaired) electrons. The van der Waals surface area contributed by atoms with Gasteiger partial charge in [0.05, 0.1) is 11.1 Å². The molecule has 21 heavy (non-hydrogen) atoms. The van der Waals surface area contributed by atoms with Gasteiger partial charge in [0.1, 0.15) is 5.82 Å². The Kier molecular flexibility index (Phi) is 6.64. The monoisotopic (exact) mass is 369 g/mol. The summed E-state index contributed by atoms with van der Waals surface area (Å²) in [6.07, 6.45) is -3.28. The van der Waals surface area contributed by atoms with Crippen molar-refractivity contribution < 1.29 is 22.4 Å². The van der Waals surface area contributed by atoms with Crippen molar-refractivity contribution >= 4 is 21.8 Å². The predicted molar refractivity (Wildman–Crippen MR) is 76.0 cm³/mol. The van der Waals surface area contributed by atoms with Crippen LogP contribution in [0.5, 0.6) is 0 Å². The topological polar surface area (TPSA) is 20.3 Å². The van der Waals surface area contributed by atoms with Gasteiger partial charge in [-0.15, -0.1) is 0 Å². The summed E-state index contributed by atoms with van der Waals surface area (Å²) in [7, 11) is 0. The van der Waals surface area contributed by atoms with E-state index >= 15 is 0 Å². The van der Waals surface area contributed by atoms with Crippen LogP contribution in [-0.2, 0) is 6.18 Å². The van der Waals surface area contributed by atoms with E-state index in [9.17, 15) is 22.4 Å². The van der Waals surface area contributed by atoms with Gasteiger partial charge in [-0.3, -0.25) is 4.79 Å². The highest BCUT2D eigenvalue weighted by atomic mass is 79.9. The van der Waals surface area contributed by atoms with Crippen molar-refractivity contribution in [2.24, 2.45) is 0 Å². The first-order chi connectivity index (χ1) is 9.82. The summed E-state index contributed by atoms with van der Waals surface area (Å²) in [4.78, 5) is 13.6. The van der Waals surface area contributed by atoms with Crippen molar-refractivity contribution in [3.8, 4) is 0 Å². The SMILES string of the molecule is CCCCN(CCBr)C(=O)c1cccc(C(F)(F)F)c1F. The molecule has 0 fully saturated rings. The zero-order valence-corrected chi connectivity index (χ0v) is 13.1. The van der Waals surface area contributed by atoms with Crippen LogP contribution < -0.4 is 0 Å². The quantitative estimate of drug-likeness (QED) is 0.534. The summed E-state index contributed by atoms with van der Waals surface area (Å²) in [6, 6.07) is 2.76. The minimum absolute atomic E-state index is 0.314. The molecule has 0 N–H and O–H groups in total. The molecule has 0 saturated heterocycles. The maximum atomic E-state index is 14.0. The Morgan fingerprint density at radius 3 is 2.48 bits per heavy atom. The van der Waals surface area contributed by atoms with Gasteiger partial charge in [-0.2, -0.15) is 13.2 Å². The summed E-state index contributed by atoms with van der Waals surface area (Å²) >= 11 is 3.18. The van der Waals surface area contributed by atoms with E-state index in [0.29, 0.717) is 30.9 Å². The third kappa shape index (κ3) is 4.69. The summed E-state index contributed by atoms with van der Waals surface area (Å²) in [5.74, 6) is -2.22. The Labute approximate surface area is 129 Å². The molecule has 2 nitrogen and oxygen atoms in total. The number of amides is 1. The number of rotatable bonds is 6. The maximum Gasteiger partial charge on any atom is 0.419 e. The van der Waals surface area contributed by atoms with Crippen molar-refractivity contribution in [3.05, 3.63) is 35.1 Å². The molecule has 0 aromatic heterocycles. The number of alkyl halides is 4. The van der Waals surface area contributed by atoms with Gasteiger partial charge < -0.3 is 4.90 Å². The Hall–Kier alpha value is -1.11. The fraction of sp³-hybridized carbons (Fsp3) is 0.500. The Bertz CT molecular complexity index is 490. The van der Waals surface area contributed by atoms with Crippen LogP contribution in [0.2, 0.25) is 0 Å². The molecule has 1 aromatic rings. The molecule has 0 atom stereocenters. The average Bonchev–Trinajstić information content (AvgIpc) is 2.41. The molecular weight excluding hydrogens is 354 g/mol. The zero-order valence-electron chi connectivity index (χ0n) is 11.5. The first kappa shape index (κ1) is 17.9. The highest BCUT2D eigenvalue weighted by Crippen LogP contribution is 2.32. The number of benzene rings is 1. The normalized spacial score (nSPS) is 11.5.